The van der Waals surface area contributed by atoms with Gasteiger partial charge in [0.25, 0.3) is 0 Å². The van der Waals surface area contributed by atoms with Crippen molar-refractivity contribution in [3.05, 3.63) is 0 Å². The molecule has 166 valence electrons. The van der Waals surface area contributed by atoms with E-state index in [1.54, 1.807) is 0 Å². The van der Waals surface area contributed by atoms with Crippen molar-refractivity contribution in [1.29, 1.82) is 0 Å². The topological polar surface area (TPSA) is 17.1 Å². The Labute approximate surface area is 181 Å². The Morgan fingerprint density at radius 2 is 1.62 bits per heavy atom. The normalized spacial score (nSPS) is 47.9. The minimum absolute atomic E-state index is 0.353. The Hall–Kier alpha value is -0.330. The summed E-state index contributed by atoms with van der Waals surface area (Å²) in [7, 11) is 0. The van der Waals surface area contributed by atoms with E-state index in [0.29, 0.717) is 22.7 Å². The van der Waals surface area contributed by atoms with Crippen molar-refractivity contribution in [2.75, 3.05) is 0 Å². The van der Waals surface area contributed by atoms with Crippen LogP contribution in [0.1, 0.15) is 112 Å². The van der Waals surface area contributed by atoms with Gasteiger partial charge in [0.1, 0.15) is 6.29 Å². The summed E-state index contributed by atoms with van der Waals surface area (Å²) in [4.78, 5) is 12.1. The molecule has 0 aliphatic heterocycles. The highest BCUT2D eigenvalue weighted by Gasteiger charge is 2.61. The summed E-state index contributed by atoms with van der Waals surface area (Å²) in [6, 6.07) is 0. The molecule has 2 unspecified atom stereocenters. The van der Waals surface area contributed by atoms with Gasteiger partial charge < -0.3 is 4.79 Å². The number of fused-ring (bicyclic) bond motifs is 5. The Balaban J connectivity index is 1.52. The van der Waals surface area contributed by atoms with E-state index in [1.807, 2.05) is 0 Å². The second-order valence-corrected chi connectivity index (χ2v) is 12.8. The fourth-order valence-corrected chi connectivity index (χ4v) is 9.64. The zero-order valence-electron chi connectivity index (χ0n) is 20.1. The van der Waals surface area contributed by atoms with Crippen molar-refractivity contribution >= 4 is 6.29 Å². The highest BCUT2D eigenvalue weighted by atomic mass is 16.1. The van der Waals surface area contributed by atoms with Crippen molar-refractivity contribution < 1.29 is 4.79 Å². The van der Waals surface area contributed by atoms with E-state index in [1.165, 1.54) is 83.3 Å². The van der Waals surface area contributed by atoms with E-state index in [0.717, 1.165) is 35.5 Å². The number of aldehydes is 1. The van der Waals surface area contributed by atoms with Crippen LogP contribution in [0.2, 0.25) is 0 Å². The largest absolute Gasteiger partial charge is 0.303 e. The first-order chi connectivity index (χ1) is 13.8. The van der Waals surface area contributed by atoms with Gasteiger partial charge in [0.05, 0.1) is 0 Å². The van der Waals surface area contributed by atoms with Crippen LogP contribution in [0.25, 0.3) is 0 Å². The third-order valence-corrected chi connectivity index (χ3v) is 11.0. The first-order valence-electron chi connectivity index (χ1n) is 13.3. The van der Waals surface area contributed by atoms with Crippen molar-refractivity contribution in [2.24, 2.45) is 58.2 Å². The lowest BCUT2D eigenvalue weighted by Crippen LogP contribution is -2.55. The monoisotopic (exact) mass is 400 g/mol. The molecule has 0 aromatic rings. The predicted octanol–water partition coefficient (Wildman–Crippen LogP) is 7.92. The van der Waals surface area contributed by atoms with E-state index in [-0.39, 0.29) is 0 Å². The summed E-state index contributed by atoms with van der Waals surface area (Å²) in [5.74, 6) is 6.30. The molecule has 1 heteroatoms. The van der Waals surface area contributed by atoms with Gasteiger partial charge in [-0.15, -0.1) is 0 Å². The first kappa shape index (κ1) is 21.9. The van der Waals surface area contributed by atoms with Gasteiger partial charge in [0, 0.05) is 5.92 Å². The summed E-state index contributed by atoms with van der Waals surface area (Å²) in [6.45, 7) is 12.6. The molecular weight excluding hydrogens is 352 g/mol. The molecular formula is C28H48O. The molecule has 0 aromatic carbocycles. The Morgan fingerprint density at radius 1 is 0.862 bits per heavy atom. The summed E-state index contributed by atoms with van der Waals surface area (Å²) < 4.78 is 0. The van der Waals surface area contributed by atoms with Gasteiger partial charge in [-0.2, -0.15) is 0 Å². The van der Waals surface area contributed by atoms with Crippen LogP contribution in [0.4, 0.5) is 0 Å². The second kappa shape index (κ2) is 8.31. The third-order valence-electron chi connectivity index (χ3n) is 11.0. The standard InChI is InChI=1S/C28H48O/c1-19(2)9-8-10-20(3)23-12-13-25-22-17-21(18-29)24-11-6-7-15-27(24,4)26(22)14-16-28(23,25)5/h18-26H,6-17H2,1-5H3/t20-,21?,22+,23-,24?,25+,26+,27+,28-/m1/s1. The van der Waals surface area contributed by atoms with Gasteiger partial charge in [-0.25, -0.2) is 0 Å². The number of carbonyl (C=O) groups is 1. The SMILES string of the molecule is CC(C)CCC[C@@H](C)[C@H]1CC[C@H]2[C@@H]3CC(C=O)C4CCCC[C@]4(C)[C@H]3CC[C@]12C. The zero-order chi connectivity index (χ0) is 20.8. The van der Waals surface area contributed by atoms with Gasteiger partial charge >= 0.3 is 0 Å². The van der Waals surface area contributed by atoms with Crippen LogP contribution in [0.3, 0.4) is 0 Å². The number of rotatable bonds is 6. The van der Waals surface area contributed by atoms with Crippen LogP contribution in [0.15, 0.2) is 0 Å². The second-order valence-electron chi connectivity index (χ2n) is 12.8. The fourth-order valence-electron chi connectivity index (χ4n) is 9.64. The molecule has 4 rings (SSSR count). The van der Waals surface area contributed by atoms with Crippen LogP contribution >= 0.6 is 0 Å². The van der Waals surface area contributed by atoms with Gasteiger partial charge in [-0.3, -0.25) is 0 Å². The molecule has 0 radical (unpaired) electrons. The molecule has 0 spiro atoms. The number of hydrogen-bond donors (Lipinski definition) is 0. The van der Waals surface area contributed by atoms with Crippen LogP contribution in [-0.4, -0.2) is 6.29 Å². The van der Waals surface area contributed by atoms with E-state index in [4.69, 9.17) is 0 Å². The predicted molar refractivity (Wildman–Crippen MR) is 123 cm³/mol. The fraction of sp³-hybridized carbons (Fsp3) is 0.964. The van der Waals surface area contributed by atoms with Gasteiger partial charge in [0.15, 0.2) is 0 Å². The highest BCUT2D eigenvalue weighted by molar-refractivity contribution is 5.55. The average molecular weight is 401 g/mol. The summed E-state index contributed by atoms with van der Waals surface area (Å²) in [5.41, 5.74) is 0.999. The van der Waals surface area contributed by atoms with E-state index >= 15 is 0 Å². The van der Waals surface area contributed by atoms with Crippen LogP contribution in [-0.2, 0) is 4.79 Å². The Morgan fingerprint density at radius 3 is 2.34 bits per heavy atom. The molecule has 9 atom stereocenters. The van der Waals surface area contributed by atoms with E-state index in [9.17, 15) is 4.79 Å². The molecule has 0 saturated heterocycles. The van der Waals surface area contributed by atoms with Crippen molar-refractivity contribution in [1.82, 2.24) is 0 Å². The molecule has 29 heavy (non-hydrogen) atoms. The summed E-state index contributed by atoms with van der Waals surface area (Å²) in [5, 5.41) is 0. The van der Waals surface area contributed by atoms with Crippen molar-refractivity contribution in [2.45, 2.75) is 112 Å². The molecule has 4 aliphatic rings. The lowest BCUT2D eigenvalue weighted by molar-refractivity contribution is -0.147. The maximum Gasteiger partial charge on any atom is 0.123 e. The number of hydrogen-bond acceptors (Lipinski definition) is 1. The minimum Gasteiger partial charge on any atom is -0.303 e. The lowest BCUT2D eigenvalue weighted by atomic mass is 9.42. The van der Waals surface area contributed by atoms with Gasteiger partial charge in [0.2, 0.25) is 0 Å². The molecule has 0 amide bonds. The number of carbonyl (C=O) groups excluding carboxylic acids is 1. The quantitative estimate of drug-likeness (QED) is 0.414. The van der Waals surface area contributed by atoms with E-state index in [2.05, 4.69) is 34.6 Å². The first-order valence-corrected chi connectivity index (χ1v) is 13.3. The molecule has 0 heterocycles. The minimum atomic E-state index is 0.353. The van der Waals surface area contributed by atoms with Crippen molar-refractivity contribution in [3.8, 4) is 0 Å². The lowest BCUT2D eigenvalue weighted by Gasteiger charge is -2.62. The maximum absolute atomic E-state index is 12.1. The van der Waals surface area contributed by atoms with Crippen LogP contribution in [0, 0.1) is 58.2 Å². The molecule has 4 saturated carbocycles. The van der Waals surface area contributed by atoms with Crippen LogP contribution < -0.4 is 0 Å². The molecule has 1 nitrogen and oxygen atoms in total. The maximum atomic E-state index is 12.1. The molecule has 4 aliphatic carbocycles. The van der Waals surface area contributed by atoms with Crippen molar-refractivity contribution in [3.63, 3.8) is 0 Å². The highest BCUT2D eigenvalue weighted by Crippen LogP contribution is 2.69. The van der Waals surface area contributed by atoms with Gasteiger partial charge in [-0.1, -0.05) is 66.7 Å². The molecule has 4 fully saturated rings. The Kier molecular flexibility index (Phi) is 6.27. The molecule has 0 aromatic heterocycles. The zero-order valence-corrected chi connectivity index (χ0v) is 20.1. The smallest absolute Gasteiger partial charge is 0.123 e. The molecule has 0 N–H and O–H groups in total. The summed E-state index contributed by atoms with van der Waals surface area (Å²) in [6.07, 6.45) is 18.1. The van der Waals surface area contributed by atoms with E-state index < -0.39 is 0 Å². The Bertz CT molecular complexity index is 581. The third kappa shape index (κ3) is 3.65. The van der Waals surface area contributed by atoms with Gasteiger partial charge in [-0.05, 0) is 97.2 Å². The summed E-state index contributed by atoms with van der Waals surface area (Å²) >= 11 is 0. The average Bonchev–Trinajstić information content (AvgIpc) is 3.04. The molecule has 0 bridgehead atoms. The van der Waals surface area contributed by atoms with Crippen LogP contribution in [0.5, 0.6) is 0 Å².